The highest BCUT2D eigenvalue weighted by Gasteiger charge is 2.33. The van der Waals surface area contributed by atoms with Crippen molar-refractivity contribution in [2.24, 2.45) is 0 Å². The van der Waals surface area contributed by atoms with Gasteiger partial charge in [0.25, 0.3) is 5.91 Å². The first-order chi connectivity index (χ1) is 13.8. The van der Waals surface area contributed by atoms with Crippen LogP contribution in [0.2, 0.25) is 0 Å². The molecule has 1 saturated heterocycles. The molecular weight excluding hydrogens is 410 g/mol. The van der Waals surface area contributed by atoms with Crippen LogP contribution >= 0.6 is 24.0 Å². The van der Waals surface area contributed by atoms with Crippen molar-refractivity contribution in [3.05, 3.63) is 64.6 Å². The normalized spacial score (nSPS) is 16.2. The van der Waals surface area contributed by atoms with Crippen molar-refractivity contribution >= 4 is 57.7 Å². The predicted molar refractivity (Wildman–Crippen MR) is 116 cm³/mol. The van der Waals surface area contributed by atoms with E-state index in [-0.39, 0.29) is 11.7 Å². The van der Waals surface area contributed by atoms with Crippen LogP contribution in [-0.2, 0) is 9.59 Å². The molecule has 1 amide bonds. The predicted octanol–water partition coefficient (Wildman–Crippen LogP) is 4.15. The molecule has 1 atom stereocenters. The third-order valence-electron chi connectivity index (χ3n) is 4.14. The van der Waals surface area contributed by atoms with Crippen LogP contribution in [0.3, 0.4) is 0 Å². The van der Waals surface area contributed by atoms with Gasteiger partial charge in [0.05, 0.1) is 10.6 Å². The van der Waals surface area contributed by atoms with Gasteiger partial charge in [-0.15, -0.1) is 0 Å². The summed E-state index contributed by atoms with van der Waals surface area (Å²) >= 11 is 6.54. The average molecular weight is 428 g/mol. The number of Topliss-reactive ketones (excluding diaryl/α,β-unsaturated/α-hetero) is 1. The summed E-state index contributed by atoms with van der Waals surface area (Å²) < 4.78 is 5.68. The van der Waals surface area contributed by atoms with E-state index < -0.39 is 12.1 Å². The van der Waals surface area contributed by atoms with E-state index >= 15 is 0 Å². The van der Waals surface area contributed by atoms with Crippen LogP contribution in [0.15, 0.2) is 53.4 Å². The fourth-order valence-corrected chi connectivity index (χ4v) is 3.90. The second-order valence-electron chi connectivity index (χ2n) is 6.29. The van der Waals surface area contributed by atoms with E-state index in [0.717, 1.165) is 5.56 Å². The van der Waals surface area contributed by atoms with E-state index in [9.17, 15) is 14.4 Å². The van der Waals surface area contributed by atoms with Gasteiger partial charge in [0, 0.05) is 5.56 Å². The monoisotopic (exact) mass is 427 g/mol. The van der Waals surface area contributed by atoms with E-state index in [1.807, 2.05) is 0 Å². The van der Waals surface area contributed by atoms with Crippen molar-refractivity contribution in [1.82, 2.24) is 0 Å². The number of carbonyl (C=O) groups is 3. The number of carbonyl (C=O) groups excluding carboxylic acids is 2. The maximum Gasteiger partial charge on any atom is 0.344 e. The molecule has 0 bridgehead atoms. The number of hydrogen-bond acceptors (Lipinski definition) is 6. The lowest BCUT2D eigenvalue weighted by atomic mass is 10.1. The van der Waals surface area contributed by atoms with Crippen molar-refractivity contribution in [1.29, 1.82) is 0 Å². The third-order valence-corrected chi connectivity index (χ3v) is 5.45. The molecule has 1 aliphatic rings. The van der Waals surface area contributed by atoms with Gasteiger partial charge in [-0.1, -0.05) is 48.2 Å². The lowest BCUT2D eigenvalue weighted by Gasteiger charge is -2.15. The number of benzene rings is 2. The van der Waals surface area contributed by atoms with Gasteiger partial charge < -0.3 is 9.84 Å². The molecule has 2 aromatic rings. The van der Waals surface area contributed by atoms with Gasteiger partial charge in [0.1, 0.15) is 5.75 Å². The first kappa shape index (κ1) is 20.8. The Morgan fingerprint density at radius 2 is 1.90 bits per heavy atom. The van der Waals surface area contributed by atoms with E-state index in [1.165, 1.54) is 30.5 Å². The number of ether oxygens (including phenoxy) is 1. The number of carboxylic acids is 1. The number of amides is 1. The molecule has 1 unspecified atom stereocenters. The van der Waals surface area contributed by atoms with Gasteiger partial charge in [-0.3, -0.25) is 14.5 Å². The summed E-state index contributed by atoms with van der Waals surface area (Å²) in [5.41, 5.74) is 1.81. The van der Waals surface area contributed by atoms with Crippen LogP contribution in [0.5, 0.6) is 5.75 Å². The van der Waals surface area contributed by atoms with Crippen LogP contribution < -0.4 is 9.64 Å². The van der Waals surface area contributed by atoms with Crippen molar-refractivity contribution in [2.75, 3.05) is 4.90 Å². The molecule has 0 spiro atoms. The summed E-state index contributed by atoms with van der Waals surface area (Å²) in [6, 6.07) is 13.5. The molecule has 0 aliphatic carbocycles. The molecule has 1 heterocycles. The molecule has 0 saturated carbocycles. The maximum atomic E-state index is 12.9. The lowest BCUT2D eigenvalue weighted by molar-refractivity contribution is -0.144. The second kappa shape index (κ2) is 8.59. The van der Waals surface area contributed by atoms with Crippen LogP contribution in [-0.4, -0.2) is 33.2 Å². The minimum absolute atomic E-state index is 0.0904. The molecule has 0 aromatic heterocycles. The number of hydrogen-bond donors (Lipinski definition) is 1. The van der Waals surface area contributed by atoms with Crippen molar-refractivity contribution in [3.8, 4) is 5.75 Å². The summed E-state index contributed by atoms with van der Waals surface area (Å²) in [6.07, 6.45) is 0.751. The average Bonchev–Trinajstić information content (AvgIpc) is 2.96. The molecular formula is C21H17NO5S2. The van der Waals surface area contributed by atoms with E-state index in [2.05, 4.69) is 0 Å². The molecule has 1 aliphatic heterocycles. The summed E-state index contributed by atoms with van der Waals surface area (Å²) in [6.45, 7) is 2.91. The quantitative estimate of drug-likeness (QED) is 0.421. The Labute approximate surface area is 177 Å². The van der Waals surface area contributed by atoms with Crippen LogP contribution in [0.25, 0.3) is 6.08 Å². The van der Waals surface area contributed by atoms with Gasteiger partial charge >= 0.3 is 5.97 Å². The first-order valence-electron chi connectivity index (χ1n) is 8.65. The fourth-order valence-electron chi connectivity index (χ4n) is 2.60. The Balaban J connectivity index is 1.80. The molecule has 2 aromatic carbocycles. The van der Waals surface area contributed by atoms with Crippen molar-refractivity contribution in [2.45, 2.75) is 20.0 Å². The SMILES string of the molecule is CC(=O)c1cccc(N2C(=O)/C(=C\c3ccc(OC(C)C(=O)O)cc3)SC2=S)c1. The molecule has 148 valence electrons. The maximum absolute atomic E-state index is 12.9. The molecule has 8 heteroatoms. The number of rotatable bonds is 6. The standard InChI is InChI=1S/C21H17NO5S2/c1-12(23)15-4-3-5-16(11-15)22-19(24)18(29-21(22)28)10-14-6-8-17(9-7-14)27-13(2)20(25)26/h3-11,13H,1-2H3,(H,25,26)/b18-10+. The summed E-state index contributed by atoms with van der Waals surface area (Å²) in [7, 11) is 0. The molecule has 3 rings (SSSR count). The van der Waals surface area contributed by atoms with Crippen LogP contribution in [0, 0.1) is 0 Å². The first-order valence-corrected chi connectivity index (χ1v) is 9.87. The van der Waals surface area contributed by atoms with Gasteiger partial charge in [0.2, 0.25) is 0 Å². The minimum Gasteiger partial charge on any atom is -0.479 e. The fraction of sp³-hybridized carbons (Fsp3) is 0.143. The van der Waals surface area contributed by atoms with Gasteiger partial charge in [-0.05, 0) is 49.8 Å². The number of anilines is 1. The Morgan fingerprint density at radius 1 is 1.21 bits per heavy atom. The Bertz CT molecular complexity index is 1030. The van der Waals surface area contributed by atoms with Crippen LogP contribution in [0.4, 0.5) is 5.69 Å². The zero-order valence-corrected chi connectivity index (χ0v) is 17.3. The highest BCUT2D eigenvalue weighted by molar-refractivity contribution is 8.27. The van der Waals surface area contributed by atoms with Gasteiger partial charge in [0.15, 0.2) is 16.2 Å². The van der Waals surface area contributed by atoms with E-state index in [0.29, 0.717) is 26.2 Å². The van der Waals surface area contributed by atoms with Crippen molar-refractivity contribution in [3.63, 3.8) is 0 Å². The number of aliphatic carboxylic acids is 1. The minimum atomic E-state index is -1.05. The van der Waals surface area contributed by atoms with Crippen molar-refractivity contribution < 1.29 is 24.2 Å². The van der Waals surface area contributed by atoms with Crippen LogP contribution in [0.1, 0.15) is 29.8 Å². The highest BCUT2D eigenvalue weighted by Crippen LogP contribution is 2.36. The van der Waals surface area contributed by atoms with E-state index in [1.54, 1.807) is 54.6 Å². The second-order valence-corrected chi connectivity index (χ2v) is 7.97. The molecule has 29 heavy (non-hydrogen) atoms. The van der Waals surface area contributed by atoms with Gasteiger partial charge in [-0.2, -0.15) is 0 Å². The molecule has 0 radical (unpaired) electrons. The number of thiocarbonyl (C=S) groups is 1. The number of carboxylic acid groups (broad SMARTS) is 1. The molecule has 1 fully saturated rings. The zero-order valence-electron chi connectivity index (χ0n) is 15.6. The summed E-state index contributed by atoms with van der Waals surface area (Å²) in [5.74, 6) is -0.981. The third kappa shape index (κ3) is 4.72. The van der Waals surface area contributed by atoms with Gasteiger partial charge in [-0.25, -0.2) is 4.79 Å². The molecule has 1 N–H and O–H groups in total. The summed E-state index contributed by atoms with van der Waals surface area (Å²) in [5, 5.41) is 8.90. The Hall–Kier alpha value is -2.97. The lowest BCUT2D eigenvalue weighted by Crippen LogP contribution is -2.27. The van der Waals surface area contributed by atoms with E-state index in [4.69, 9.17) is 22.1 Å². The number of ketones is 1. The zero-order chi connectivity index (χ0) is 21.1. The Kier molecular flexibility index (Phi) is 6.14. The topological polar surface area (TPSA) is 83.9 Å². The molecule has 6 nitrogen and oxygen atoms in total. The highest BCUT2D eigenvalue weighted by atomic mass is 32.2. The number of thioether (sulfide) groups is 1. The largest absolute Gasteiger partial charge is 0.479 e. The summed E-state index contributed by atoms with van der Waals surface area (Å²) in [4.78, 5) is 37.2. The Morgan fingerprint density at radius 3 is 2.52 bits per heavy atom. The number of nitrogens with zero attached hydrogens (tertiary/aromatic N) is 1. The smallest absolute Gasteiger partial charge is 0.344 e.